The predicted molar refractivity (Wildman–Crippen MR) is 108 cm³/mol. The Bertz CT molecular complexity index is 964. The fourth-order valence-corrected chi connectivity index (χ4v) is 3.11. The second-order valence-electron chi connectivity index (χ2n) is 6.95. The minimum absolute atomic E-state index is 0.0492. The number of amides is 1. The molecule has 0 N–H and O–H groups in total. The number of nitrogens with zero attached hydrogens (tertiary/aromatic N) is 3. The molecule has 1 aromatic heterocycles. The number of hydrogen-bond donors (Lipinski definition) is 0. The first-order chi connectivity index (χ1) is 13.5. The number of benzene rings is 2. The quantitative estimate of drug-likeness (QED) is 0.450. The van der Waals surface area contributed by atoms with Gasteiger partial charge in [-0.15, -0.1) is 0 Å². The molecule has 144 valence electrons. The molecule has 0 spiro atoms. The van der Waals surface area contributed by atoms with E-state index in [-0.39, 0.29) is 17.6 Å². The number of carbonyl (C=O) groups is 1. The second kappa shape index (κ2) is 8.52. The summed E-state index contributed by atoms with van der Waals surface area (Å²) in [7, 11) is 0. The zero-order valence-electron chi connectivity index (χ0n) is 16.0. The van der Waals surface area contributed by atoms with Crippen molar-refractivity contribution in [2.75, 3.05) is 0 Å². The molecule has 1 amide bonds. The molecule has 0 aliphatic rings. The summed E-state index contributed by atoms with van der Waals surface area (Å²) in [5.41, 5.74) is 2.43. The summed E-state index contributed by atoms with van der Waals surface area (Å²) in [6, 6.07) is 19.9. The third-order valence-electron chi connectivity index (χ3n) is 4.64. The van der Waals surface area contributed by atoms with Crippen molar-refractivity contribution in [1.82, 2.24) is 9.47 Å². The zero-order valence-corrected chi connectivity index (χ0v) is 16.0. The van der Waals surface area contributed by atoms with Gasteiger partial charge in [0.1, 0.15) is 0 Å². The van der Waals surface area contributed by atoms with E-state index in [4.69, 9.17) is 0 Å². The lowest BCUT2D eigenvalue weighted by molar-refractivity contribution is -0.384. The molecule has 0 fully saturated rings. The Morgan fingerprint density at radius 2 is 1.82 bits per heavy atom. The maximum atomic E-state index is 13.1. The van der Waals surface area contributed by atoms with Crippen LogP contribution in [0.15, 0.2) is 72.9 Å². The summed E-state index contributed by atoms with van der Waals surface area (Å²) in [5, 5.41) is 11.0. The van der Waals surface area contributed by atoms with Gasteiger partial charge in [-0.1, -0.05) is 36.4 Å². The Morgan fingerprint density at radius 3 is 2.50 bits per heavy atom. The third kappa shape index (κ3) is 4.46. The van der Waals surface area contributed by atoms with Gasteiger partial charge in [0.15, 0.2) is 0 Å². The van der Waals surface area contributed by atoms with Crippen LogP contribution in [-0.4, -0.2) is 26.3 Å². The number of carbonyl (C=O) groups excluding carboxylic acids is 1. The highest BCUT2D eigenvalue weighted by Crippen LogP contribution is 2.19. The van der Waals surface area contributed by atoms with E-state index in [1.54, 1.807) is 17.0 Å². The molecular formula is C22H23N3O3. The van der Waals surface area contributed by atoms with E-state index in [0.29, 0.717) is 12.1 Å². The molecule has 2 aromatic carbocycles. The van der Waals surface area contributed by atoms with Crippen LogP contribution in [0.3, 0.4) is 0 Å². The van der Waals surface area contributed by atoms with Crippen LogP contribution in [0.5, 0.6) is 0 Å². The lowest BCUT2D eigenvalue weighted by Gasteiger charge is -2.27. The lowest BCUT2D eigenvalue weighted by atomic mass is 10.1. The van der Waals surface area contributed by atoms with Crippen LogP contribution in [0.4, 0.5) is 5.69 Å². The second-order valence-corrected chi connectivity index (χ2v) is 6.95. The van der Waals surface area contributed by atoms with Gasteiger partial charge >= 0.3 is 0 Å². The average Bonchev–Trinajstić information content (AvgIpc) is 3.13. The molecule has 0 bridgehead atoms. The van der Waals surface area contributed by atoms with Crippen LogP contribution < -0.4 is 0 Å². The van der Waals surface area contributed by atoms with Crippen molar-refractivity contribution >= 4 is 11.6 Å². The van der Waals surface area contributed by atoms with Crippen LogP contribution >= 0.6 is 0 Å². The minimum atomic E-state index is -0.485. The lowest BCUT2D eigenvalue weighted by Crippen LogP contribution is -2.37. The van der Waals surface area contributed by atoms with Gasteiger partial charge in [0, 0.05) is 42.2 Å². The zero-order chi connectivity index (χ0) is 20.1. The van der Waals surface area contributed by atoms with Gasteiger partial charge in [0.2, 0.25) is 0 Å². The Morgan fingerprint density at radius 1 is 1.07 bits per heavy atom. The molecule has 3 aromatic rings. The molecule has 0 atom stereocenters. The van der Waals surface area contributed by atoms with Crippen LogP contribution in [0.25, 0.3) is 0 Å². The van der Waals surface area contributed by atoms with E-state index in [1.165, 1.54) is 17.7 Å². The summed E-state index contributed by atoms with van der Waals surface area (Å²) in [6.45, 7) is 5.04. The van der Waals surface area contributed by atoms with Gasteiger partial charge in [-0.05, 0) is 37.6 Å². The highest BCUT2D eigenvalue weighted by atomic mass is 16.6. The number of aromatic nitrogens is 1. The first-order valence-electron chi connectivity index (χ1n) is 9.19. The number of rotatable bonds is 7. The van der Waals surface area contributed by atoms with Crippen LogP contribution in [0.2, 0.25) is 0 Å². The summed E-state index contributed by atoms with van der Waals surface area (Å²) >= 11 is 0. The van der Waals surface area contributed by atoms with E-state index >= 15 is 0 Å². The van der Waals surface area contributed by atoms with Crippen molar-refractivity contribution < 1.29 is 9.72 Å². The highest BCUT2D eigenvalue weighted by molar-refractivity contribution is 5.95. The standard InChI is InChI=1S/C22H23N3O3/c1-17(2)24(22(26)19-10-6-11-20(14-19)25(27)28)16-21-12-7-13-23(21)15-18-8-4-3-5-9-18/h3-14,17H,15-16H2,1-2H3. The van der Waals surface area contributed by atoms with Crippen molar-refractivity contribution in [2.24, 2.45) is 0 Å². The normalized spacial score (nSPS) is 10.8. The van der Waals surface area contributed by atoms with Gasteiger partial charge < -0.3 is 9.47 Å². The summed E-state index contributed by atoms with van der Waals surface area (Å²) in [4.78, 5) is 25.3. The Labute approximate surface area is 164 Å². The fraction of sp³-hybridized carbons (Fsp3) is 0.227. The Kier molecular flexibility index (Phi) is 5.89. The predicted octanol–water partition coefficient (Wildman–Crippen LogP) is 4.50. The molecule has 1 heterocycles. The molecule has 0 unspecified atom stereocenters. The fourth-order valence-electron chi connectivity index (χ4n) is 3.11. The van der Waals surface area contributed by atoms with Crippen LogP contribution in [0, 0.1) is 10.1 Å². The van der Waals surface area contributed by atoms with E-state index in [2.05, 4.69) is 16.7 Å². The summed E-state index contributed by atoms with van der Waals surface area (Å²) in [5.74, 6) is -0.217. The van der Waals surface area contributed by atoms with Crippen molar-refractivity contribution in [3.05, 3.63) is 99.9 Å². The molecule has 0 saturated heterocycles. The molecular weight excluding hydrogens is 354 g/mol. The van der Waals surface area contributed by atoms with Gasteiger partial charge in [0.05, 0.1) is 11.5 Å². The maximum absolute atomic E-state index is 13.1. The smallest absolute Gasteiger partial charge is 0.270 e. The van der Waals surface area contributed by atoms with E-state index in [0.717, 1.165) is 12.2 Å². The molecule has 0 saturated carbocycles. The largest absolute Gasteiger partial charge is 0.345 e. The molecule has 0 radical (unpaired) electrons. The minimum Gasteiger partial charge on any atom is -0.345 e. The molecule has 6 heteroatoms. The SMILES string of the molecule is CC(C)N(Cc1cccn1Cc1ccccc1)C(=O)c1cccc([N+](=O)[O-])c1. The Hall–Kier alpha value is -3.41. The number of non-ortho nitro benzene ring substituents is 1. The topological polar surface area (TPSA) is 68.4 Å². The molecule has 0 aliphatic heterocycles. The highest BCUT2D eigenvalue weighted by Gasteiger charge is 2.22. The van der Waals surface area contributed by atoms with Gasteiger partial charge in [-0.2, -0.15) is 0 Å². The van der Waals surface area contributed by atoms with E-state index in [1.807, 2.05) is 50.4 Å². The van der Waals surface area contributed by atoms with Crippen molar-refractivity contribution in [1.29, 1.82) is 0 Å². The number of hydrogen-bond acceptors (Lipinski definition) is 3. The Balaban J connectivity index is 1.83. The number of nitro benzene ring substituents is 1. The van der Waals surface area contributed by atoms with Crippen molar-refractivity contribution in [3.63, 3.8) is 0 Å². The summed E-state index contributed by atoms with van der Waals surface area (Å²) < 4.78 is 2.12. The molecule has 0 aliphatic carbocycles. The first kappa shape index (κ1) is 19.4. The molecule has 28 heavy (non-hydrogen) atoms. The first-order valence-corrected chi connectivity index (χ1v) is 9.19. The van der Waals surface area contributed by atoms with Crippen LogP contribution in [-0.2, 0) is 13.1 Å². The number of nitro groups is 1. The average molecular weight is 377 g/mol. The molecule has 3 rings (SSSR count). The summed E-state index contributed by atoms with van der Waals surface area (Å²) in [6.07, 6.45) is 2.00. The molecule has 6 nitrogen and oxygen atoms in total. The third-order valence-corrected chi connectivity index (χ3v) is 4.64. The van der Waals surface area contributed by atoms with Crippen molar-refractivity contribution in [3.8, 4) is 0 Å². The van der Waals surface area contributed by atoms with E-state index < -0.39 is 4.92 Å². The van der Waals surface area contributed by atoms with E-state index in [9.17, 15) is 14.9 Å². The maximum Gasteiger partial charge on any atom is 0.270 e. The van der Waals surface area contributed by atoms with Gasteiger partial charge in [-0.25, -0.2) is 0 Å². The monoisotopic (exact) mass is 377 g/mol. The van der Waals surface area contributed by atoms with Gasteiger partial charge in [-0.3, -0.25) is 14.9 Å². The van der Waals surface area contributed by atoms with Gasteiger partial charge in [0.25, 0.3) is 11.6 Å². The van der Waals surface area contributed by atoms with Crippen molar-refractivity contribution in [2.45, 2.75) is 33.0 Å². The van der Waals surface area contributed by atoms with Crippen LogP contribution in [0.1, 0.15) is 35.5 Å².